The average Bonchev–Trinajstić information content (AvgIpc) is 3.10. The van der Waals surface area contributed by atoms with Crippen LogP contribution >= 0.6 is 0 Å². The van der Waals surface area contributed by atoms with E-state index in [0.29, 0.717) is 12.2 Å². The lowest BCUT2D eigenvalue weighted by Crippen LogP contribution is -2.00. The molecule has 82 valence electrons. The maximum Gasteiger partial charge on any atom is 0.0841 e. The van der Waals surface area contributed by atoms with Crippen molar-refractivity contribution in [2.75, 3.05) is 0 Å². The molecule has 1 aromatic carbocycles. The van der Waals surface area contributed by atoms with Gasteiger partial charge in [-0.3, -0.25) is 0 Å². The van der Waals surface area contributed by atoms with Gasteiger partial charge in [0.25, 0.3) is 0 Å². The van der Waals surface area contributed by atoms with Crippen LogP contribution in [0.2, 0.25) is 0 Å². The summed E-state index contributed by atoms with van der Waals surface area (Å²) in [5.74, 6) is 0. The van der Waals surface area contributed by atoms with Gasteiger partial charge in [-0.15, -0.1) is 0 Å². The van der Waals surface area contributed by atoms with Crippen molar-refractivity contribution in [1.82, 2.24) is 0 Å². The molecule has 1 saturated carbocycles. The van der Waals surface area contributed by atoms with E-state index in [4.69, 9.17) is 9.84 Å². The third kappa shape index (κ3) is 3.33. The number of hydrogen-bond acceptors (Lipinski definition) is 2. The van der Waals surface area contributed by atoms with Gasteiger partial charge in [0.05, 0.1) is 18.8 Å². The number of fused-ring (bicyclic) bond motifs is 1. The normalized spacial score (nSPS) is 27.3. The summed E-state index contributed by atoms with van der Waals surface area (Å²) in [6.07, 6.45) is 6.89. The SMILES string of the molecule is C1CCC2OC2C1.OCc1ccccc1. The van der Waals surface area contributed by atoms with E-state index in [9.17, 15) is 0 Å². The maximum atomic E-state index is 8.54. The van der Waals surface area contributed by atoms with Gasteiger partial charge in [0, 0.05) is 0 Å². The zero-order valence-corrected chi connectivity index (χ0v) is 8.93. The van der Waals surface area contributed by atoms with E-state index in [1.165, 1.54) is 25.7 Å². The molecule has 1 saturated heterocycles. The molecular formula is C13H18O2. The lowest BCUT2D eigenvalue weighted by atomic mass is 10.0. The third-order valence-electron chi connectivity index (χ3n) is 2.94. The first-order chi connectivity index (χ1) is 7.40. The van der Waals surface area contributed by atoms with Gasteiger partial charge in [0.2, 0.25) is 0 Å². The molecular weight excluding hydrogens is 188 g/mol. The van der Waals surface area contributed by atoms with Crippen LogP contribution in [0.4, 0.5) is 0 Å². The van der Waals surface area contributed by atoms with Gasteiger partial charge < -0.3 is 9.84 Å². The molecule has 1 aliphatic carbocycles. The predicted octanol–water partition coefficient (Wildman–Crippen LogP) is 2.51. The zero-order chi connectivity index (χ0) is 10.5. The quantitative estimate of drug-likeness (QED) is 0.716. The molecule has 1 aliphatic heterocycles. The van der Waals surface area contributed by atoms with Crippen LogP contribution in [-0.4, -0.2) is 17.3 Å². The second-order valence-corrected chi connectivity index (χ2v) is 4.14. The van der Waals surface area contributed by atoms with Gasteiger partial charge in [-0.1, -0.05) is 43.2 Å². The molecule has 1 heterocycles. The Morgan fingerprint density at radius 1 is 1.07 bits per heavy atom. The van der Waals surface area contributed by atoms with Crippen molar-refractivity contribution in [3.05, 3.63) is 35.9 Å². The van der Waals surface area contributed by atoms with Crippen molar-refractivity contribution < 1.29 is 9.84 Å². The van der Waals surface area contributed by atoms with Gasteiger partial charge in [0.1, 0.15) is 0 Å². The molecule has 0 bridgehead atoms. The minimum atomic E-state index is 0.140. The van der Waals surface area contributed by atoms with Gasteiger partial charge in [-0.05, 0) is 18.4 Å². The summed E-state index contributed by atoms with van der Waals surface area (Å²) in [6, 6.07) is 9.52. The van der Waals surface area contributed by atoms with Crippen molar-refractivity contribution in [3.8, 4) is 0 Å². The summed E-state index contributed by atoms with van der Waals surface area (Å²) in [7, 11) is 0. The Balaban J connectivity index is 0.000000114. The monoisotopic (exact) mass is 206 g/mol. The number of hydrogen-bond donors (Lipinski definition) is 1. The van der Waals surface area contributed by atoms with Crippen molar-refractivity contribution in [1.29, 1.82) is 0 Å². The fourth-order valence-corrected chi connectivity index (χ4v) is 1.96. The van der Waals surface area contributed by atoms with Crippen molar-refractivity contribution in [2.24, 2.45) is 0 Å². The smallest absolute Gasteiger partial charge is 0.0841 e. The number of epoxide rings is 1. The van der Waals surface area contributed by atoms with Crippen LogP contribution in [0.15, 0.2) is 30.3 Å². The Bertz CT molecular complexity index is 274. The Kier molecular flexibility index (Phi) is 3.75. The van der Waals surface area contributed by atoms with Gasteiger partial charge in [-0.25, -0.2) is 0 Å². The molecule has 0 radical (unpaired) electrons. The first kappa shape index (κ1) is 10.7. The molecule has 2 heteroatoms. The molecule has 15 heavy (non-hydrogen) atoms. The molecule has 2 aliphatic rings. The second-order valence-electron chi connectivity index (χ2n) is 4.14. The molecule has 3 rings (SSSR count). The molecule has 2 atom stereocenters. The van der Waals surface area contributed by atoms with Crippen LogP contribution in [0.25, 0.3) is 0 Å². The van der Waals surface area contributed by atoms with E-state index >= 15 is 0 Å². The largest absolute Gasteiger partial charge is 0.392 e. The number of ether oxygens (including phenoxy) is 1. The number of aliphatic hydroxyl groups is 1. The van der Waals surface area contributed by atoms with Gasteiger partial charge in [-0.2, -0.15) is 0 Å². The van der Waals surface area contributed by atoms with Crippen molar-refractivity contribution in [2.45, 2.75) is 44.5 Å². The van der Waals surface area contributed by atoms with E-state index in [2.05, 4.69) is 0 Å². The highest BCUT2D eigenvalue weighted by molar-refractivity contribution is 5.12. The summed E-state index contributed by atoms with van der Waals surface area (Å²) >= 11 is 0. The van der Waals surface area contributed by atoms with E-state index in [1.807, 2.05) is 30.3 Å². The van der Waals surface area contributed by atoms with Crippen LogP contribution in [0.1, 0.15) is 31.2 Å². The molecule has 0 amide bonds. The Labute approximate surface area is 90.9 Å². The van der Waals surface area contributed by atoms with Crippen LogP contribution in [0, 0.1) is 0 Å². The first-order valence-electron chi connectivity index (χ1n) is 5.70. The number of rotatable bonds is 1. The zero-order valence-electron chi connectivity index (χ0n) is 8.93. The van der Waals surface area contributed by atoms with Crippen molar-refractivity contribution >= 4 is 0 Å². The van der Waals surface area contributed by atoms with Gasteiger partial charge >= 0.3 is 0 Å². The highest BCUT2D eigenvalue weighted by Gasteiger charge is 2.39. The van der Waals surface area contributed by atoms with Crippen LogP contribution in [0.5, 0.6) is 0 Å². The van der Waals surface area contributed by atoms with Crippen LogP contribution in [0.3, 0.4) is 0 Å². The molecule has 1 aromatic rings. The summed E-state index contributed by atoms with van der Waals surface area (Å²) in [5.41, 5.74) is 0.965. The minimum absolute atomic E-state index is 0.140. The second kappa shape index (κ2) is 5.29. The van der Waals surface area contributed by atoms with E-state index < -0.39 is 0 Å². The minimum Gasteiger partial charge on any atom is -0.392 e. The molecule has 2 unspecified atom stereocenters. The highest BCUT2D eigenvalue weighted by atomic mass is 16.6. The lowest BCUT2D eigenvalue weighted by molar-refractivity contribution is 0.282. The molecule has 1 N–H and O–H groups in total. The van der Waals surface area contributed by atoms with Crippen molar-refractivity contribution in [3.63, 3.8) is 0 Å². The van der Waals surface area contributed by atoms with Gasteiger partial charge in [0.15, 0.2) is 0 Å². The van der Waals surface area contributed by atoms with Crippen LogP contribution in [-0.2, 0) is 11.3 Å². The molecule has 2 nitrogen and oxygen atoms in total. The number of aliphatic hydroxyl groups excluding tert-OH is 1. The average molecular weight is 206 g/mol. The fraction of sp³-hybridized carbons (Fsp3) is 0.538. The summed E-state index contributed by atoms with van der Waals surface area (Å²) < 4.78 is 5.28. The summed E-state index contributed by atoms with van der Waals surface area (Å²) in [4.78, 5) is 0. The summed E-state index contributed by atoms with van der Waals surface area (Å²) in [5, 5.41) is 8.54. The van der Waals surface area contributed by atoms with Crippen LogP contribution < -0.4 is 0 Å². The van der Waals surface area contributed by atoms with E-state index in [0.717, 1.165) is 5.56 Å². The first-order valence-corrected chi connectivity index (χ1v) is 5.70. The highest BCUT2D eigenvalue weighted by Crippen LogP contribution is 2.35. The number of benzene rings is 1. The molecule has 2 fully saturated rings. The third-order valence-corrected chi connectivity index (χ3v) is 2.94. The molecule has 0 aromatic heterocycles. The Hall–Kier alpha value is -0.860. The predicted molar refractivity (Wildman–Crippen MR) is 59.5 cm³/mol. The van der Waals surface area contributed by atoms with E-state index in [1.54, 1.807) is 0 Å². The standard InChI is InChI=1S/C7H8O.C6H10O/c8-6-7-4-2-1-3-5-7;1-2-4-6-5(3-1)7-6/h1-5,8H,6H2;5-6H,1-4H2. The van der Waals surface area contributed by atoms with E-state index in [-0.39, 0.29) is 6.61 Å². The summed E-state index contributed by atoms with van der Waals surface area (Å²) in [6.45, 7) is 0.140. The maximum absolute atomic E-state index is 8.54. The fourth-order valence-electron chi connectivity index (χ4n) is 1.96. The Morgan fingerprint density at radius 2 is 1.67 bits per heavy atom. The topological polar surface area (TPSA) is 32.8 Å². The Morgan fingerprint density at radius 3 is 2.07 bits per heavy atom. The lowest BCUT2D eigenvalue weighted by Gasteiger charge is -2.00. The molecule has 0 spiro atoms.